The molecule has 0 aliphatic heterocycles. The molecule has 0 saturated carbocycles. The number of phenolic OH excluding ortho intramolecular Hbond substituents is 1. The van der Waals surface area contributed by atoms with Crippen LogP contribution < -0.4 is 9.64 Å². The van der Waals surface area contributed by atoms with Gasteiger partial charge in [0.25, 0.3) is 0 Å². The largest absolute Gasteiger partial charge is 0.508 e. The van der Waals surface area contributed by atoms with E-state index in [0.717, 1.165) is 44.5 Å². The summed E-state index contributed by atoms with van der Waals surface area (Å²) in [4.78, 5) is 2.47. The van der Waals surface area contributed by atoms with E-state index in [-0.39, 0.29) is 0 Å². The Hall–Kier alpha value is -2.94. The minimum absolute atomic E-state index is 0.370. The van der Waals surface area contributed by atoms with Crippen LogP contribution in [0.1, 0.15) is 60.4 Å². The van der Waals surface area contributed by atoms with Gasteiger partial charge >= 0.3 is 0 Å². The van der Waals surface area contributed by atoms with Gasteiger partial charge in [0.05, 0.1) is 7.11 Å². The highest BCUT2D eigenvalue weighted by molar-refractivity contribution is 5.60. The third-order valence-corrected chi connectivity index (χ3v) is 6.75. The Morgan fingerprint density at radius 2 is 1.72 bits per heavy atom. The van der Waals surface area contributed by atoms with E-state index < -0.39 is 0 Å². The highest BCUT2D eigenvalue weighted by atomic mass is 16.5. The van der Waals surface area contributed by atoms with Crippen LogP contribution >= 0.6 is 0 Å². The van der Waals surface area contributed by atoms with Crippen molar-refractivity contribution in [1.29, 1.82) is 0 Å². The summed E-state index contributed by atoms with van der Waals surface area (Å²) < 4.78 is 5.60. The van der Waals surface area contributed by atoms with Gasteiger partial charge in [-0.2, -0.15) is 0 Å². The number of anilines is 1. The highest BCUT2D eigenvalue weighted by Gasteiger charge is 2.24. The summed E-state index contributed by atoms with van der Waals surface area (Å²) >= 11 is 0. The lowest BCUT2D eigenvalue weighted by atomic mass is 9.79. The molecule has 0 unspecified atom stereocenters. The molecule has 4 rings (SSSR count). The van der Waals surface area contributed by atoms with Gasteiger partial charge in [0, 0.05) is 24.8 Å². The first-order valence-electron chi connectivity index (χ1n) is 11.9. The molecule has 1 N–H and O–H groups in total. The molecular weight excluding hydrogens is 394 g/mol. The molecule has 168 valence electrons. The number of nitrogens with zero attached hydrogens (tertiary/aromatic N) is 1. The molecular formula is C29H35NO2. The van der Waals surface area contributed by atoms with E-state index in [2.05, 4.69) is 67.3 Å². The molecule has 3 heteroatoms. The van der Waals surface area contributed by atoms with E-state index in [1.807, 2.05) is 12.1 Å². The second-order valence-corrected chi connectivity index (χ2v) is 8.90. The number of benzene rings is 3. The summed E-state index contributed by atoms with van der Waals surface area (Å²) in [5.74, 6) is 1.74. The van der Waals surface area contributed by atoms with Gasteiger partial charge in [0.15, 0.2) is 0 Å². The van der Waals surface area contributed by atoms with Crippen molar-refractivity contribution in [2.45, 2.75) is 58.4 Å². The van der Waals surface area contributed by atoms with Crippen LogP contribution in [0.2, 0.25) is 0 Å². The molecule has 0 aromatic heterocycles. The Balaban J connectivity index is 1.62. The molecule has 32 heavy (non-hydrogen) atoms. The van der Waals surface area contributed by atoms with Crippen molar-refractivity contribution in [3.8, 4) is 11.5 Å². The molecule has 1 aliphatic rings. The van der Waals surface area contributed by atoms with Crippen LogP contribution in [0.5, 0.6) is 11.5 Å². The second kappa shape index (κ2) is 10.1. The van der Waals surface area contributed by atoms with Crippen molar-refractivity contribution >= 4 is 5.69 Å². The quantitative estimate of drug-likeness (QED) is 0.435. The standard InChI is InChI=1S/C29H35NO2/c1-4-6-21-7-9-22(10-8-21)20-30(5-2)29-19-27(32-3)15-16-28(29)25-12-11-24-18-26(31)14-13-23(24)17-25/h7-10,13-16,18-19,25,31H,4-6,11-12,17,20H2,1-3H3/t25-/m1/s1. The van der Waals surface area contributed by atoms with Crippen molar-refractivity contribution in [2.24, 2.45) is 0 Å². The zero-order valence-corrected chi connectivity index (χ0v) is 19.6. The number of phenols is 1. The Labute approximate surface area is 192 Å². The molecule has 0 heterocycles. The molecule has 1 atom stereocenters. The predicted molar refractivity (Wildman–Crippen MR) is 133 cm³/mol. The number of hydrogen-bond acceptors (Lipinski definition) is 3. The highest BCUT2D eigenvalue weighted by Crippen LogP contribution is 2.40. The van der Waals surface area contributed by atoms with Crippen LogP contribution in [-0.2, 0) is 25.8 Å². The molecule has 0 saturated heterocycles. The fraction of sp³-hybridized carbons (Fsp3) is 0.379. The van der Waals surface area contributed by atoms with Crippen LogP contribution in [0, 0.1) is 0 Å². The Bertz CT molecular complexity index is 1040. The summed E-state index contributed by atoms with van der Waals surface area (Å²) in [6, 6.07) is 21.5. The first kappa shape index (κ1) is 22.3. The van der Waals surface area contributed by atoms with E-state index in [0.29, 0.717) is 11.7 Å². The molecule has 3 aromatic carbocycles. The molecule has 0 bridgehead atoms. The van der Waals surface area contributed by atoms with E-state index in [4.69, 9.17) is 4.74 Å². The maximum Gasteiger partial charge on any atom is 0.120 e. The second-order valence-electron chi connectivity index (χ2n) is 8.90. The maximum absolute atomic E-state index is 9.84. The summed E-state index contributed by atoms with van der Waals surface area (Å²) in [7, 11) is 1.74. The van der Waals surface area contributed by atoms with Crippen LogP contribution in [0.3, 0.4) is 0 Å². The van der Waals surface area contributed by atoms with Crippen LogP contribution in [0.4, 0.5) is 5.69 Å². The topological polar surface area (TPSA) is 32.7 Å². The number of hydrogen-bond donors (Lipinski definition) is 1. The average molecular weight is 430 g/mol. The number of methoxy groups -OCH3 is 1. The first-order chi connectivity index (χ1) is 15.6. The van der Waals surface area contributed by atoms with Gasteiger partial charge < -0.3 is 14.7 Å². The number of rotatable bonds is 8. The van der Waals surface area contributed by atoms with Gasteiger partial charge in [0.2, 0.25) is 0 Å². The van der Waals surface area contributed by atoms with Crippen molar-refractivity contribution in [3.05, 3.63) is 88.5 Å². The molecule has 0 fully saturated rings. The van der Waals surface area contributed by atoms with E-state index in [1.54, 1.807) is 7.11 Å². The minimum atomic E-state index is 0.370. The molecule has 0 spiro atoms. The normalized spacial score (nSPS) is 15.3. The van der Waals surface area contributed by atoms with Crippen LogP contribution in [0.25, 0.3) is 0 Å². The molecule has 3 nitrogen and oxygen atoms in total. The summed E-state index contributed by atoms with van der Waals surface area (Å²) in [5.41, 5.74) is 8.06. The summed E-state index contributed by atoms with van der Waals surface area (Å²) in [5, 5.41) is 9.84. The van der Waals surface area contributed by atoms with Gasteiger partial charge in [-0.3, -0.25) is 0 Å². The zero-order chi connectivity index (χ0) is 22.5. The number of ether oxygens (including phenoxy) is 1. The number of fused-ring (bicyclic) bond motifs is 1. The van der Waals surface area contributed by atoms with Gasteiger partial charge in [-0.1, -0.05) is 49.7 Å². The smallest absolute Gasteiger partial charge is 0.120 e. The lowest BCUT2D eigenvalue weighted by molar-refractivity contribution is 0.414. The summed E-state index contributed by atoms with van der Waals surface area (Å²) in [6.07, 6.45) is 5.43. The van der Waals surface area contributed by atoms with Crippen LogP contribution in [0.15, 0.2) is 60.7 Å². The molecule has 0 radical (unpaired) electrons. The van der Waals surface area contributed by atoms with E-state index in [9.17, 15) is 5.11 Å². The minimum Gasteiger partial charge on any atom is -0.508 e. The zero-order valence-electron chi connectivity index (χ0n) is 19.6. The Morgan fingerprint density at radius 3 is 2.44 bits per heavy atom. The molecule has 0 amide bonds. The lowest BCUT2D eigenvalue weighted by Gasteiger charge is -2.32. The number of aromatic hydroxyl groups is 1. The predicted octanol–water partition coefficient (Wildman–Crippen LogP) is 6.65. The Kier molecular flexibility index (Phi) is 7.04. The van der Waals surface area contributed by atoms with Gasteiger partial charge in [-0.25, -0.2) is 0 Å². The van der Waals surface area contributed by atoms with Crippen molar-refractivity contribution in [1.82, 2.24) is 0 Å². The number of aryl methyl sites for hydroxylation is 2. The third kappa shape index (κ3) is 4.93. The van der Waals surface area contributed by atoms with Crippen molar-refractivity contribution in [3.63, 3.8) is 0 Å². The fourth-order valence-corrected chi connectivity index (χ4v) is 4.96. The lowest BCUT2D eigenvalue weighted by Crippen LogP contribution is -2.25. The van der Waals surface area contributed by atoms with E-state index in [1.165, 1.54) is 39.9 Å². The monoisotopic (exact) mass is 429 g/mol. The summed E-state index contributed by atoms with van der Waals surface area (Å²) in [6.45, 7) is 6.28. The van der Waals surface area contributed by atoms with Gasteiger partial charge in [-0.05, 0) is 84.5 Å². The van der Waals surface area contributed by atoms with Crippen LogP contribution in [-0.4, -0.2) is 18.8 Å². The maximum atomic E-state index is 9.84. The molecule has 3 aromatic rings. The van der Waals surface area contributed by atoms with Gasteiger partial charge in [-0.15, -0.1) is 0 Å². The fourth-order valence-electron chi connectivity index (χ4n) is 4.96. The SMILES string of the molecule is CCCc1ccc(CN(CC)c2cc(OC)ccc2[C@@H]2CCc3cc(O)ccc3C2)cc1. The molecule has 1 aliphatic carbocycles. The first-order valence-corrected chi connectivity index (χ1v) is 11.9. The van der Waals surface area contributed by atoms with Crippen molar-refractivity contribution < 1.29 is 9.84 Å². The third-order valence-electron chi connectivity index (χ3n) is 6.75. The van der Waals surface area contributed by atoms with Gasteiger partial charge in [0.1, 0.15) is 11.5 Å². The van der Waals surface area contributed by atoms with Crippen molar-refractivity contribution in [2.75, 3.05) is 18.6 Å². The van der Waals surface area contributed by atoms with E-state index >= 15 is 0 Å². The Morgan fingerprint density at radius 1 is 0.938 bits per heavy atom. The average Bonchev–Trinajstić information content (AvgIpc) is 2.83.